The topological polar surface area (TPSA) is 35.5 Å². The van der Waals surface area contributed by atoms with Crippen LogP contribution in [0.5, 0.6) is 0 Å². The van der Waals surface area contributed by atoms with E-state index < -0.39 is 0 Å². The molecule has 0 radical (unpaired) electrons. The van der Waals surface area contributed by atoms with Crippen molar-refractivity contribution in [1.82, 2.24) is 10.2 Å². The summed E-state index contributed by atoms with van der Waals surface area (Å²) < 4.78 is 0. The van der Waals surface area contributed by atoms with E-state index >= 15 is 0 Å². The number of aliphatic hydroxyl groups excluding tert-OH is 1. The first kappa shape index (κ1) is 18.2. The molecular formula is C19H38N2O. The minimum atomic E-state index is 0.348. The van der Waals surface area contributed by atoms with Crippen molar-refractivity contribution in [2.24, 2.45) is 17.8 Å². The molecule has 3 nitrogen and oxygen atoms in total. The van der Waals surface area contributed by atoms with Gasteiger partial charge >= 0.3 is 0 Å². The van der Waals surface area contributed by atoms with E-state index in [9.17, 15) is 0 Å². The van der Waals surface area contributed by atoms with Gasteiger partial charge in [0, 0.05) is 32.3 Å². The van der Waals surface area contributed by atoms with Gasteiger partial charge in [-0.2, -0.15) is 0 Å². The average Bonchev–Trinajstić information content (AvgIpc) is 2.51. The van der Waals surface area contributed by atoms with Crippen LogP contribution in [0.4, 0.5) is 0 Å². The summed E-state index contributed by atoms with van der Waals surface area (Å²) in [6.07, 6.45) is 10.7. The van der Waals surface area contributed by atoms with E-state index in [-0.39, 0.29) is 0 Å². The molecule has 0 amide bonds. The normalized spacial score (nSPS) is 28.4. The summed E-state index contributed by atoms with van der Waals surface area (Å²) in [6.45, 7) is 9.90. The molecule has 1 aliphatic heterocycles. The van der Waals surface area contributed by atoms with E-state index in [1.54, 1.807) is 0 Å². The van der Waals surface area contributed by atoms with Crippen LogP contribution in [0.25, 0.3) is 0 Å². The Morgan fingerprint density at radius 3 is 2.55 bits per heavy atom. The summed E-state index contributed by atoms with van der Waals surface area (Å²) >= 11 is 0. The lowest BCUT2D eigenvalue weighted by Crippen LogP contribution is -2.51. The molecule has 2 fully saturated rings. The first-order valence-electron chi connectivity index (χ1n) is 9.74. The number of hydrogen-bond acceptors (Lipinski definition) is 3. The fourth-order valence-electron chi connectivity index (χ4n) is 4.43. The van der Waals surface area contributed by atoms with Crippen LogP contribution < -0.4 is 5.32 Å². The fraction of sp³-hybridized carbons (Fsp3) is 1.00. The highest BCUT2D eigenvalue weighted by atomic mass is 16.2. The Kier molecular flexibility index (Phi) is 8.19. The summed E-state index contributed by atoms with van der Waals surface area (Å²) in [5.74, 6) is 2.43. The van der Waals surface area contributed by atoms with Gasteiger partial charge in [0.15, 0.2) is 0 Å². The third-order valence-corrected chi connectivity index (χ3v) is 5.43. The monoisotopic (exact) mass is 310 g/mol. The first-order valence-corrected chi connectivity index (χ1v) is 9.74. The van der Waals surface area contributed by atoms with Crippen molar-refractivity contribution in [3.8, 4) is 0 Å². The molecule has 2 atom stereocenters. The van der Waals surface area contributed by atoms with E-state index in [1.165, 1.54) is 71.1 Å². The molecule has 0 aromatic rings. The third-order valence-electron chi connectivity index (χ3n) is 5.43. The second-order valence-corrected chi connectivity index (χ2v) is 8.19. The van der Waals surface area contributed by atoms with Crippen LogP contribution in [0, 0.1) is 17.8 Å². The van der Waals surface area contributed by atoms with Gasteiger partial charge in [0.1, 0.15) is 0 Å². The molecule has 0 aromatic heterocycles. The predicted octanol–water partition coefficient (Wildman–Crippen LogP) is 3.28. The molecule has 1 saturated heterocycles. The smallest absolute Gasteiger partial charge is 0.0431 e. The Balaban J connectivity index is 1.78. The Morgan fingerprint density at radius 2 is 1.86 bits per heavy atom. The molecule has 130 valence electrons. The number of nitrogens with one attached hydrogen (secondary N) is 1. The van der Waals surface area contributed by atoms with Crippen molar-refractivity contribution in [3.05, 3.63) is 0 Å². The number of piperidine rings is 1. The summed E-state index contributed by atoms with van der Waals surface area (Å²) in [5.41, 5.74) is 0. The maximum atomic E-state index is 9.12. The number of hydrogen-bond donors (Lipinski definition) is 2. The highest BCUT2D eigenvalue weighted by Crippen LogP contribution is 2.25. The average molecular weight is 311 g/mol. The van der Waals surface area contributed by atoms with E-state index in [2.05, 4.69) is 24.1 Å². The van der Waals surface area contributed by atoms with Crippen LogP contribution in [0.3, 0.4) is 0 Å². The minimum Gasteiger partial charge on any atom is -0.396 e. The Morgan fingerprint density at radius 1 is 1.09 bits per heavy atom. The summed E-state index contributed by atoms with van der Waals surface area (Å²) in [4.78, 5) is 2.66. The predicted molar refractivity (Wildman–Crippen MR) is 94.1 cm³/mol. The molecule has 2 rings (SSSR count). The molecular weight excluding hydrogens is 272 g/mol. The summed E-state index contributed by atoms with van der Waals surface area (Å²) in [6, 6.07) is 0.665. The molecule has 2 aliphatic rings. The molecule has 2 unspecified atom stereocenters. The first-order chi connectivity index (χ1) is 10.7. The lowest BCUT2D eigenvalue weighted by molar-refractivity contribution is 0.115. The van der Waals surface area contributed by atoms with Gasteiger partial charge < -0.3 is 15.3 Å². The quantitative estimate of drug-likeness (QED) is 0.722. The van der Waals surface area contributed by atoms with Gasteiger partial charge in [-0.15, -0.1) is 0 Å². The van der Waals surface area contributed by atoms with Gasteiger partial charge in [-0.1, -0.05) is 33.1 Å². The molecule has 22 heavy (non-hydrogen) atoms. The standard InChI is InChI=1S/C19H38N2O/c1-16(2)13-21-14-18(9-6-10-22)11-19(15-21)20-12-17-7-4-3-5-8-17/h16-20,22H,3-15H2,1-2H3. The van der Waals surface area contributed by atoms with Crippen molar-refractivity contribution in [2.75, 3.05) is 32.8 Å². The third kappa shape index (κ3) is 6.55. The van der Waals surface area contributed by atoms with Crippen LogP contribution in [0.2, 0.25) is 0 Å². The van der Waals surface area contributed by atoms with E-state index in [0.717, 1.165) is 24.2 Å². The van der Waals surface area contributed by atoms with Gasteiger partial charge in [-0.25, -0.2) is 0 Å². The van der Waals surface area contributed by atoms with Crippen LogP contribution >= 0.6 is 0 Å². The highest BCUT2D eigenvalue weighted by Gasteiger charge is 2.27. The van der Waals surface area contributed by atoms with Gasteiger partial charge in [0.2, 0.25) is 0 Å². The van der Waals surface area contributed by atoms with Crippen molar-refractivity contribution >= 4 is 0 Å². The molecule has 1 heterocycles. The van der Waals surface area contributed by atoms with Crippen LogP contribution in [-0.2, 0) is 0 Å². The van der Waals surface area contributed by atoms with Crippen molar-refractivity contribution in [3.63, 3.8) is 0 Å². The Bertz CT molecular complexity index is 289. The van der Waals surface area contributed by atoms with Crippen molar-refractivity contribution in [2.45, 2.75) is 71.3 Å². The second kappa shape index (κ2) is 9.89. The van der Waals surface area contributed by atoms with Gasteiger partial charge in [-0.05, 0) is 56.4 Å². The lowest BCUT2D eigenvalue weighted by atomic mass is 9.87. The van der Waals surface area contributed by atoms with Crippen LogP contribution in [0.15, 0.2) is 0 Å². The van der Waals surface area contributed by atoms with Crippen LogP contribution in [-0.4, -0.2) is 48.8 Å². The molecule has 0 bridgehead atoms. The fourth-order valence-corrected chi connectivity index (χ4v) is 4.43. The Hall–Kier alpha value is -0.120. The molecule has 1 saturated carbocycles. The zero-order valence-electron chi connectivity index (χ0n) is 14.9. The number of nitrogens with zero attached hydrogens (tertiary/aromatic N) is 1. The maximum absolute atomic E-state index is 9.12. The van der Waals surface area contributed by atoms with Crippen LogP contribution in [0.1, 0.15) is 65.2 Å². The maximum Gasteiger partial charge on any atom is 0.0431 e. The molecule has 0 aromatic carbocycles. The van der Waals surface area contributed by atoms with E-state index in [0.29, 0.717) is 12.6 Å². The van der Waals surface area contributed by atoms with E-state index in [1.807, 2.05) is 0 Å². The van der Waals surface area contributed by atoms with Crippen molar-refractivity contribution < 1.29 is 5.11 Å². The van der Waals surface area contributed by atoms with Gasteiger partial charge in [0.25, 0.3) is 0 Å². The SMILES string of the molecule is CC(C)CN1CC(CCCO)CC(NCC2CCCCC2)C1. The largest absolute Gasteiger partial charge is 0.396 e. The van der Waals surface area contributed by atoms with Crippen molar-refractivity contribution in [1.29, 1.82) is 0 Å². The molecule has 0 spiro atoms. The Labute approximate surface area is 137 Å². The number of rotatable bonds is 8. The summed E-state index contributed by atoms with van der Waals surface area (Å²) in [7, 11) is 0. The highest BCUT2D eigenvalue weighted by molar-refractivity contribution is 4.85. The van der Waals surface area contributed by atoms with Gasteiger partial charge in [0.05, 0.1) is 0 Å². The van der Waals surface area contributed by atoms with E-state index in [4.69, 9.17) is 5.11 Å². The number of likely N-dealkylation sites (tertiary alicyclic amines) is 1. The minimum absolute atomic E-state index is 0.348. The molecule has 2 N–H and O–H groups in total. The zero-order chi connectivity index (χ0) is 15.8. The second-order valence-electron chi connectivity index (χ2n) is 8.19. The van der Waals surface area contributed by atoms with Gasteiger partial charge in [-0.3, -0.25) is 0 Å². The number of aliphatic hydroxyl groups is 1. The molecule has 3 heteroatoms. The molecule has 1 aliphatic carbocycles. The summed E-state index contributed by atoms with van der Waals surface area (Å²) in [5, 5.41) is 13.0. The lowest BCUT2D eigenvalue weighted by Gasteiger charge is -2.40. The zero-order valence-corrected chi connectivity index (χ0v) is 14.9.